The molecule has 0 aliphatic carbocycles. The Hall–Kier alpha value is -1.82. The molecule has 2 aliphatic rings. The van der Waals surface area contributed by atoms with E-state index >= 15 is 0 Å². The molecule has 1 aromatic carbocycles. The summed E-state index contributed by atoms with van der Waals surface area (Å²) in [5.74, 6) is 0.191. The maximum Gasteiger partial charge on any atom is 0.410 e. The Kier molecular flexibility index (Phi) is 5.42. The molecule has 2 bridgehead atoms. The van der Waals surface area contributed by atoms with Crippen molar-refractivity contribution in [2.45, 2.75) is 76.9 Å². The van der Waals surface area contributed by atoms with Crippen molar-refractivity contribution in [2.75, 3.05) is 7.11 Å². The summed E-state index contributed by atoms with van der Waals surface area (Å²) in [6.07, 6.45) is 3.14. The lowest BCUT2D eigenvalue weighted by molar-refractivity contribution is -0.00711. The smallest absolute Gasteiger partial charge is 0.410 e. The number of carbonyl (C=O) groups is 1. The van der Waals surface area contributed by atoms with E-state index in [1.165, 1.54) is 12.1 Å². The predicted octanol–water partition coefficient (Wildman–Crippen LogP) is 4.28. The van der Waals surface area contributed by atoms with Gasteiger partial charge in [0.1, 0.15) is 23.3 Å². The van der Waals surface area contributed by atoms with Gasteiger partial charge in [-0.25, -0.2) is 9.18 Å². The third kappa shape index (κ3) is 4.47. The van der Waals surface area contributed by atoms with Crippen LogP contribution in [0.25, 0.3) is 0 Å². The topological polar surface area (TPSA) is 48.0 Å². The third-order valence-corrected chi connectivity index (χ3v) is 4.84. The number of benzene rings is 1. The van der Waals surface area contributed by atoms with Gasteiger partial charge >= 0.3 is 6.09 Å². The van der Waals surface area contributed by atoms with E-state index in [4.69, 9.17) is 14.2 Å². The molecule has 144 valence electrons. The van der Waals surface area contributed by atoms with Gasteiger partial charge in [-0.1, -0.05) is 0 Å². The monoisotopic (exact) mass is 365 g/mol. The van der Waals surface area contributed by atoms with Crippen molar-refractivity contribution in [1.82, 2.24) is 4.90 Å². The number of nitrogens with zero attached hydrogens (tertiary/aromatic N) is 1. The van der Waals surface area contributed by atoms with E-state index in [0.29, 0.717) is 12.4 Å². The Balaban J connectivity index is 1.65. The van der Waals surface area contributed by atoms with Gasteiger partial charge in [0.15, 0.2) is 0 Å². The molecule has 0 aromatic heterocycles. The van der Waals surface area contributed by atoms with Gasteiger partial charge in [-0.3, -0.25) is 0 Å². The quantitative estimate of drug-likeness (QED) is 0.799. The molecule has 26 heavy (non-hydrogen) atoms. The van der Waals surface area contributed by atoms with Crippen LogP contribution in [0.2, 0.25) is 0 Å². The minimum absolute atomic E-state index is 0.0246. The Morgan fingerprint density at radius 2 is 1.85 bits per heavy atom. The highest BCUT2D eigenvalue weighted by Gasteiger charge is 2.45. The summed E-state index contributed by atoms with van der Waals surface area (Å²) in [4.78, 5) is 14.4. The highest BCUT2D eigenvalue weighted by atomic mass is 19.1. The zero-order chi connectivity index (χ0) is 18.9. The minimum atomic E-state index is -0.497. The van der Waals surface area contributed by atoms with E-state index < -0.39 is 5.60 Å². The maximum atomic E-state index is 13.8. The number of hydrogen-bond acceptors (Lipinski definition) is 4. The van der Waals surface area contributed by atoms with Crippen LogP contribution < -0.4 is 4.74 Å². The van der Waals surface area contributed by atoms with E-state index in [0.717, 1.165) is 31.2 Å². The van der Waals surface area contributed by atoms with E-state index in [2.05, 4.69) is 0 Å². The van der Waals surface area contributed by atoms with Crippen LogP contribution in [0.4, 0.5) is 9.18 Å². The molecule has 6 heteroatoms. The maximum absolute atomic E-state index is 13.8. The largest absolute Gasteiger partial charge is 0.490 e. The van der Waals surface area contributed by atoms with Crippen molar-refractivity contribution < 1.29 is 23.4 Å². The SMILES string of the molecule is COCc1cc(F)cc(OC2C[C@H]3CC[C@@H](C2)N3C(=O)OC(C)(C)C)c1. The van der Waals surface area contributed by atoms with E-state index in [9.17, 15) is 9.18 Å². The van der Waals surface area contributed by atoms with Gasteiger partial charge in [-0.15, -0.1) is 0 Å². The molecular formula is C20H28FNO4. The van der Waals surface area contributed by atoms with Gasteiger partial charge in [-0.05, 0) is 51.3 Å². The normalized spacial score (nSPS) is 25.3. The fourth-order valence-corrected chi connectivity index (χ4v) is 3.97. The fourth-order valence-electron chi connectivity index (χ4n) is 3.97. The number of halogens is 1. The Morgan fingerprint density at radius 3 is 2.42 bits per heavy atom. The van der Waals surface area contributed by atoms with Crippen molar-refractivity contribution in [3.8, 4) is 5.75 Å². The molecular weight excluding hydrogens is 337 g/mol. The van der Waals surface area contributed by atoms with Crippen LogP contribution in [0, 0.1) is 5.82 Å². The minimum Gasteiger partial charge on any atom is -0.490 e. The summed E-state index contributed by atoms with van der Waals surface area (Å²) >= 11 is 0. The van der Waals surface area contributed by atoms with Crippen LogP contribution in [0.3, 0.4) is 0 Å². The van der Waals surface area contributed by atoms with Gasteiger partial charge in [0, 0.05) is 38.1 Å². The van der Waals surface area contributed by atoms with Crippen molar-refractivity contribution in [2.24, 2.45) is 0 Å². The van der Waals surface area contributed by atoms with E-state index in [-0.39, 0.29) is 30.1 Å². The Bertz CT molecular complexity index is 644. The number of rotatable bonds is 4. The van der Waals surface area contributed by atoms with E-state index in [1.807, 2.05) is 31.7 Å². The molecule has 3 atom stereocenters. The molecule has 2 heterocycles. The molecule has 1 unspecified atom stereocenters. The molecule has 2 fully saturated rings. The fraction of sp³-hybridized carbons (Fsp3) is 0.650. The molecule has 3 rings (SSSR count). The van der Waals surface area contributed by atoms with Crippen LogP contribution in [0.5, 0.6) is 5.75 Å². The van der Waals surface area contributed by atoms with Gasteiger partial charge in [0.05, 0.1) is 6.61 Å². The molecule has 2 aliphatic heterocycles. The van der Waals surface area contributed by atoms with Crippen molar-refractivity contribution in [3.63, 3.8) is 0 Å². The second kappa shape index (κ2) is 7.43. The predicted molar refractivity (Wildman–Crippen MR) is 95.6 cm³/mol. The van der Waals surface area contributed by atoms with Crippen LogP contribution >= 0.6 is 0 Å². The average Bonchev–Trinajstić information content (AvgIpc) is 2.77. The zero-order valence-corrected chi connectivity index (χ0v) is 16.0. The van der Waals surface area contributed by atoms with Gasteiger partial charge in [0.2, 0.25) is 0 Å². The van der Waals surface area contributed by atoms with Gasteiger partial charge < -0.3 is 19.1 Å². The second-order valence-electron chi connectivity index (χ2n) is 8.21. The summed E-state index contributed by atoms with van der Waals surface area (Å²) in [5.41, 5.74) is 0.250. The van der Waals surface area contributed by atoms with Crippen LogP contribution in [0.15, 0.2) is 18.2 Å². The highest BCUT2D eigenvalue weighted by Crippen LogP contribution is 2.38. The lowest BCUT2D eigenvalue weighted by atomic mass is 10.00. The summed E-state index contributed by atoms with van der Waals surface area (Å²) in [7, 11) is 1.58. The lowest BCUT2D eigenvalue weighted by Crippen LogP contribution is -2.50. The molecule has 0 saturated carbocycles. The first-order chi connectivity index (χ1) is 12.2. The lowest BCUT2D eigenvalue weighted by Gasteiger charge is -2.39. The second-order valence-corrected chi connectivity index (χ2v) is 8.21. The zero-order valence-electron chi connectivity index (χ0n) is 16.0. The summed E-state index contributed by atoms with van der Waals surface area (Å²) in [5, 5.41) is 0. The number of ether oxygens (including phenoxy) is 3. The van der Waals surface area contributed by atoms with Crippen LogP contribution in [-0.2, 0) is 16.1 Å². The molecule has 0 radical (unpaired) electrons. The molecule has 1 aromatic rings. The van der Waals surface area contributed by atoms with Crippen molar-refractivity contribution >= 4 is 6.09 Å². The first kappa shape index (κ1) is 19.0. The number of carbonyl (C=O) groups excluding carboxylic acids is 1. The summed E-state index contributed by atoms with van der Waals surface area (Å²) in [6.45, 7) is 5.98. The number of methoxy groups -OCH3 is 1. The van der Waals surface area contributed by atoms with Crippen molar-refractivity contribution in [3.05, 3.63) is 29.6 Å². The van der Waals surface area contributed by atoms with Gasteiger partial charge in [-0.2, -0.15) is 0 Å². The highest BCUT2D eigenvalue weighted by molar-refractivity contribution is 5.69. The first-order valence-corrected chi connectivity index (χ1v) is 9.21. The molecule has 0 spiro atoms. The molecule has 1 amide bonds. The standard InChI is InChI=1S/C20H28FNO4/c1-20(2,3)26-19(23)22-15-5-6-16(22)11-18(10-15)25-17-8-13(12-24-4)7-14(21)9-17/h7-9,15-16,18H,5-6,10-12H2,1-4H3/t15-,16+,18?. The van der Waals surface area contributed by atoms with Crippen molar-refractivity contribution in [1.29, 1.82) is 0 Å². The third-order valence-electron chi connectivity index (χ3n) is 4.84. The Morgan fingerprint density at radius 1 is 1.19 bits per heavy atom. The molecule has 2 saturated heterocycles. The molecule has 5 nitrogen and oxygen atoms in total. The summed E-state index contributed by atoms with van der Waals surface area (Å²) in [6, 6.07) is 4.92. The average molecular weight is 365 g/mol. The van der Waals surface area contributed by atoms with Gasteiger partial charge in [0.25, 0.3) is 0 Å². The number of hydrogen-bond donors (Lipinski definition) is 0. The first-order valence-electron chi connectivity index (χ1n) is 9.21. The van der Waals surface area contributed by atoms with Crippen LogP contribution in [-0.4, -0.2) is 41.9 Å². The van der Waals surface area contributed by atoms with E-state index in [1.54, 1.807) is 7.11 Å². The molecule has 0 N–H and O–H groups in total. The van der Waals surface area contributed by atoms with Crippen LogP contribution in [0.1, 0.15) is 52.0 Å². The number of amides is 1. The summed E-state index contributed by atoms with van der Waals surface area (Å²) < 4.78 is 30.5. The Labute approximate surface area is 154 Å². The number of piperidine rings is 1. The number of fused-ring (bicyclic) bond motifs is 2.